The SMILES string of the molecule is CCCSc1nc2nc3c(cn2n1)C(=O)C[C@@H](c1cccs1)C3. The average Bonchev–Trinajstić information content (AvgIpc) is 3.20. The second-order valence-corrected chi connectivity index (χ2v) is 7.67. The van der Waals surface area contributed by atoms with Crippen LogP contribution in [0.1, 0.15) is 46.6 Å². The summed E-state index contributed by atoms with van der Waals surface area (Å²) in [6, 6.07) is 4.13. The van der Waals surface area contributed by atoms with E-state index in [2.05, 4.69) is 33.4 Å². The Hall–Kier alpha value is -1.73. The first-order valence-electron chi connectivity index (χ1n) is 7.70. The molecule has 3 aromatic heterocycles. The van der Waals surface area contributed by atoms with Gasteiger partial charge in [-0.05, 0) is 24.3 Å². The van der Waals surface area contributed by atoms with Crippen LogP contribution in [-0.2, 0) is 6.42 Å². The van der Waals surface area contributed by atoms with Gasteiger partial charge >= 0.3 is 0 Å². The number of Topliss-reactive ketones (excluding diaryl/α,β-unsaturated/α-hetero) is 1. The number of thioether (sulfide) groups is 1. The lowest BCUT2D eigenvalue weighted by Gasteiger charge is -2.21. The third-order valence-electron chi connectivity index (χ3n) is 3.94. The number of nitrogens with zero attached hydrogens (tertiary/aromatic N) is 4. The zero-order chi connectivity index (χ0) is 15.8. The fraction of sp³-hybridized carbons (Fsp3) is 0.375. The Bertz CT molecular complexity index is 856. The second-order valence-electron chi connectivity index (χ2n) is 5.63. The van der Waals surface area contributed by atoms with Gasteiger partial charge in [0.15, 0.2) is 5.78 Å². The normalized spacial score (nSPS) is 17.6. The molecule has 0 fully saturated rings. The van der Waals surface area contributed by atoms with Crippen molar-refractivity contribution < 1.29 is 4.79 Å². The van der Waals surface area contributed by atoms with Crippen LogP contribution in [0.2, 0.25) is 0 Å². The standard InChI is InChI=1S/C16H16N4OS2/c1-2-5-23-16-18-15-17-12-7-10(14-4-3-6-22-14)8-13(21)11(12)9-20(15)19-16/h3-4,6,9-10H,2,5,7-8H2,1H3/t10-/m0/s1. The van der Waals surface area contributed by atoms with Crippen LogP contribution in [0.4, 0.5) is 0 Å². The first kappa shape index (κ1) is 14.8. The van der Waals surface area contributed by atoms with E-state index < -0.39 is 0 Å². The second kappa shape index (κ2) is 6.05. The summed E-state index contributed by atoms with van der Waals surface area (Å²) in [5, 5.41) is 7.20. The molecule has 3 heterocycles. The van der Waals surface area contributed by atoms with Crippen molar-refractivity contribution in [3.8, 4) is 0 Å². The van der Waals surface area contributed by atoms with Crippen LogP contribution in [0, 0.1) is 0 Å². The minimum Gasteiger partial charge on any atom is -0.294 e. The predicted molar refractivity (Wildman–Crippen MR) is 91.5 cm³/mol. The number of carbonyl (C=O) groups excluding carboxylic acids is 1. The number of carbonyl (C=O) groups is 1. The zero-order valence-electron chi connectivity index (χ0n) is 12.7. The lowest BCUT2D eigenvalue weighted by Crippen LogP contribution is -2.20. The molecule has 3 aromatic rings. The predicted octanol–water partition coefficient (Wildman–Crippen LogP) is 3.60. The fourth-order valence-corrected chi connectivity index (χ4v) is 4.35. The Kier molecular flexibility index (Phi) is 3.90. The molecule has 0 amide bonds. The van der Waals surface area contributed by atoms with Crippen LogP contribution in [0.25, 0.3) is 5.78 Å². The van der Waals surface area contributed by atoms with E-state index in [1.807, 2.05) is 6.07 Å². The van der Waals surface area contributed by atoms with Gasteiger partial charge in [0.1, 0.15) is 0 Å². The number of thiophene rings is 1. The van der Waals surface area contributed by atoms with Gasteiger partial charge in [-0.1, -0.05) is 24.8 Å². The third-order valence-corrected chi connectivity index (χ3v) is 6.02. The molecule has 4 rings (SSSR count). The lowest BCUT2D eigenvalue weighted by molar-refractivity contribution is 0.0963. The van der Waals surface area contributed by atoms with Crippen molar-refractivity contribution in [2.75, 3.05) is 5.75 Å². The smallest absolute Gasteiger partial charge is 0.253 e. The Labute approximate surface area is 142 Å². The molecule has 0 radical (unpaired) electrons. The van der Waals surface area contributed by atoms with Crippen LogP contribution in [0.5, 0.6) is 0 Å². The molecule has 0 bridgehead atoms. The van der Waals surface area contributed by atoms with Crippen molar-refractivity contribution in [3.05, 3.63) is 39.8 Å². The van der Waals surface area contributed by atoms with Crippen molar-refractivity contribution in [1.29, 1.82) is 0 Å². The summed E-state index contributed by atoms with van der Waals surface area (Å²) < 4.78 is 1.64. The van der Waals surface area contributed by atoms with Gasteiger partial charge in [-0.15, -0.1) is 16.4 Å². The van der Waals surface area contributed by atoms with E-state index in [1.165, 1.54) is 4.88 Å². The molecule has 0 saturated carbocycles. The number of aromatic nitrogens is 4. The number of rotatable bonds is 4. The lowest BCUT2D eigenvalue weighted by atomic mass is 9.86. The van der Waals surface area contributed by atoms with Crippen molar-refractivity contribution in [2.24, 2.45) is 0 Å². The van der Waals surface area contributed by atoms with Crippen molar-refractivity contribution in [2.45, 2.75) is 37.3 Å². The highest BCUT2D eigenvalue weighted by Gasteiger charge is 2.29. The molecule has 5 nitrogen and oxygen atoms in total. The molecule has 0 aromatic carbocycles. The van der Waals surface area contributed by atoms with E-state index in [-0.39, 0.29) is 11.7 Å². The van der Waals surface area contributed by atoms with Gasteiger partial charge in [0.25, 0.3) is 5.78 Å². The molecule has 118 valence electrons. The highest BCUT2D eigenvalue weighted by Crippen LogP contribution is 2.34. The van der Waals surface area contributed by atoms with E-state index in [9.17, 15) is 4.79 Å². The highest BCUT2D eigenvalue weighted by atomic mass is 32.2. The quantitative estimate of drug-likeness (QED) is 0.677. The number of hydrogen-bond donors (Lipinski definition) is 0. The summed E-state index contributed by atoms with van der Waals surface area (Å²) in [5.41, 5.74) is 1.55. The summed E-state index contributed by atoms with van der Waals surface area (Å²) in [5.74, 6) is 1.96. The molecular formula is C16H16N4OS2. The van der Waals surface area contributed by atoms with Crippen LogP contribution < -0.4 is 0 Å². The molecule has 0 N–H and O–H groups in total. The van der Waals surface area contributed by atoms with E-state index in [4.69, 9.17) is 0 Å². The maximum absolute atomic E-state index is 12.5. The molecule has 1 aliphatic carbocycles. The molecule has 0 aliphatic heterocycles. The Morgan fingerprint density at radius 3 is 3.09 bits per heavy atom. The first-order chi connectivity index (χ1) is 11.2. The molecule has 7 heteroatoms. The fourth-order valence-electron chi connectivity index (χ4n) is 2.84. The minimum atomic E-state index is 0.150. The maximum Gasteiger partial charge on any atom is 0.253 e. The van der Waals surface area contributed by atoms with Gasteiger partial charge in [0, 0.05) is 29.2 Å². The summed E-state index contributed by atoms with van der Waals surface area (Å²) in [7, 11) is 0. The topological polar surface area (TPSA) is 60.1 Å². The zero-order valence-corrected chi connectivity index (χ0v) is 14.4. The highest BCUT2D eigenvalue weighted by molar-refractivity contribution is 7.99. The largest absolute Gasteiger partial charge is 0.294 e. The van der Waals surface area contributed by atoms with Crippen molar-refractivity contribution in [3.63, 3.8) is 0 Å². The summed E-state index contributed by atoms with van der Waals surface area (Å²) in [4.78, 5) is 22.8. The van der Waals surface area contributed by atoms with E-state index in [0.29, 0.717) is 17.8 Å². The number of hydrogen-bond acceptors (Lipinski definition) is 6. The maximum atomic E-state index is 12.5. The summed E-state index contributed by atoms with van der Waals surface area (Å²) in [6.07, 6.45) is 4.22. The Morgan fingerprint density at radius 2 is 2.30 bits per heavy atom. The molecule has 0 spiro atoms. The van der Waals surface area contributed by atoms with Crippen LogP contribution in [-0.4, -0.2) is 31.1 Å². The minimum absolute atomic E-state index is 0.150. The average molecular weight is 344 g/mol. The van der Waals surface area contributed by atoms with E-state index in [0.717, 1.165) is 29.4 Å². The van der Waals surface area contributed by atoms with Crippen LogP contribution in [0.3, 0.4) is 0 Å². The molecular weight excluding hydrogens is 328 g/mol. The van der Waals surface area contributed by atoms with Crippen molar-refractivity contribution >= 4 is 34.7 Å². The van der Waals surface area contributed by atoms with Gasteiger partial charge in [-0.25, -0.2) is 9.50 Å². The van der Waals surface area contributed by atoms with Gasteiger partial charge < -0.3 is 0 Å². The molecule has 0 unspecified atom stereocenters. The number of fused-ring (bicyclic) bond motifs is 2. The molecule has 0 saturated heterocycles. The van der Waals surface area contributed by atoms with Gasteiger partial charge in [-0.3, -0.25) is 4.79 Å². The summed E-state index contributed by atoms with van der Waals surface area (Å²) >= 11 is 3.33. The monoisotopic (exact) mass is 344 g/mol. The number of ketones is 1. The Balaban J connectivity index is 1.70. The van der Waals surface area contributed by atoms with Crippen LogP contribution in [0.15, 0.2) is 28.9 Å². The molecule has 23 heavy (non-hydrogen) atoms. The van der Waals surface area contributed by atoms with Gasteiger partial charge in [0.05, 0.1) is 11.3 Å². The van der Waals surface area contributed by atoms with Gasteiger partial charge in [0.2, 0.25) is 5.16 Å². The third kappa shape index (κ3) is 2.79. The van der Waals surface area contributed by atoms with E-state index in [1.54, 1.807) is 33.8 Å². The molecule has 1 aliphatic rings. The van der Waals surface area contributed by atoms with Gasteiger partial charge in [-0.2, -0.15) is 4.98 Å². The van der Waals surface area contributed by atoms with Crippen molar-refractivity contribution in [1.82, 2.24) is 19.6 Å². The molecule has 1 atom stereocenters. The van der Waals surface area contributed by atoms with Crippen LogP contribution >= 0.6 is 23.1 Å². The van der Waals surface area contributed by atoms with E-state index >= 15 is 0 Å². The summed E-state index contributed by atoms with van der Waals surface area (Å²) in [6.45, 7) is 2.13. The first-order valence-corrected chi connectivity index (χ1v) is 9.57. The Morgan fingerprint density at radius 1 is 1.39 bits per heavy atom.